The number of hydrogen-bond donors (Lipinski definition) is 3. The van der Waals surface area contributed by atoms with Crippen LogP contribution in [0.2, 0.25) is 4.47 Å². The smallest absolute Gasteiger partial charge is 0.282 e. The third kappa shape index (κ3) is 3.71. The summed E-state index contributed by atoms with van der Waals surface area (Å²) in [6, 6.07) is 0. The molecule has 6 nitrogen and oxygen atoms in total. The number of hydrogen-bond acceptors (Lipinski definition) is 6. The van der Waals surface area contributed by atoms with Gasteiger partial charge in [0.1, 0.15) is 5.60 Å². The van der Waals surface area contributed by atoms with Crippen LogP contribution in [0.3, 0.4) is 0 Å². The van der Waals surface area contributed by atoms with E-state index in [1.54, 1.807) is 0 Å². The minimum Gasteiger partial charge on any atom is -0.393 e. The van der Waals surface area contributed by atoms with Gasteiger partial charge in [-0.25, -0.2) is 0 Å². The average molecular weight is 252 g/mol. The van der Waals surface area contributed by atoms with E-state index in [1.165, 1.54) is 6.92 Å². The van der Waals surface area contributed by atoms with E-state index in [4.69, 9.17) is 16.7 Å². The molecule has 15 heavy (non-hydrogen) atoms. The van der Waals surface area contributed by atoms with Gasteiger partial charge in [-0.15, -0.1) is 10.2 Å². The molecule has 1 aromatic heterocycles. The standard InChI is InChI=1S/C7H10ClN3O3S/c1-7(14,3-12)2-9-4(13)5-10-11-6(8)15-5/h12,14H,2-3H2,1H3,(H,9,13). The zero-order valence-corrected chi connectivity index (χ0v) is 9.47. The number of carbonyl (C=O) groups is 1. The van der Waals surface area contributed by atoms with Crippen LogP contribution >= 0.6 is 22.9 Å². The van der Waals surface area contributed by atoms with E-state index in [0.29, 0.717) is 0 Å². The molecule has 0 aliphatic rings. The second kappa shape index (κ2) is 4.84. The summed E-state index contributed by atoms with van der Waals surface area (Å²) in [5.41, 5.74) is -1.34. The van der Waals surface area contributed by atoms with Crippen LogP contribution in [0.25, 0.3) is 0 Å². The molecule has 1 aromatic rings. The topological polar surface area (TPSA) is 95.3 Å². The number of halogens is 1. The number of aromatic nitrogens is 2. The molecule has 1 heterocycles. The summed E-state index contributed by atoms with van der Waals surface area (Å²) in [5, 5.41) is 27.6. The minimum absolute atomic E-state index is 0.0699. The van der Waals surface area contributed by atoms with Crippen LogP contribution in [0.1, 0.15) is 16.7 Å². The summed E-state index contributed by atoms with van der Waals surface area (Å²) < 4.78 is 0.175. The lowest BCUT2D eigenvalue weighted by Crippen LogP contribution is -2.43. The first kappa shape index (κ1) is 12.3. The molecule has 0 aliphatic heterocycles. The Morgan fingerprint density at radius 1 is 1.67 bits per heavy atom. The molecule has 1 unspecified atom stereocenters. The number of carbonyl (C=O) groups excluding carboxylic acids is 1. The predicted octanol–water partition coefficient (Wildman–Crippen LogP) is -0.335. The van der Waals surface area contributed by atoms with Crippen molar-refractivity contribution in [3.8, 4) is 0 Å². The summed E-state index contributed by atoms with van der Waals surface area (Å²) in [4.78, 5) is 11.4. The van der Waals surface area contributed by atoms with E-state index in [2.05, 4.69) is 15.5 Å². The van der Waals surface area contributed by atoms with Gasteiger partial charge in [0.05, 0.1) is 6.61 Å². The largest absolute Gasteiger partial charge is 0.393 e. The molecule has 1 rings (SSSR count). The van der Waals surface area contributed by atoms with Gasteiger partial charge in [0.15, 0.2) is 0 Å². The maximum Gasteiger partial charge on any atom is 0.282 e. The van der Waals surface area contributed by atoms with Gasteiger partial charge in [0, 0.05) is 6.54 Å². The van der Waals surface area contributed by atoms with Crippen LogP contribution < -0.4 is 5.32 Å². The van der Waals surface area contributed by atoms with Crippen LogP contribution in [0.5, 0.6) is 0 Å². The fourth-order valence-electron chi connectivity index (χ4n) is 0.699. The highest BCUT2D eigenvalue weighted by Gasteiger charge is 2.21. The summed E-state index contributed by atoms with van der Waals surface area (Å²) in [6.07, 6.45) is 0. The number of nitrogens with one attached hydrogen (secondary N) is 1. The lowest BCUT2D eigenvalue weighted by atomic mass is 10.1. The second-order valence-corrected chi connectivity index (χ2v) is 4.76. The normalized spacial score (nSPS) is 14.7. The highest BCUT2D eigenvalue weighted by Crippen LogP contribution is 2.14. The van der Waals surface area contributed by atoms with Crippen LogP contribution in [-0.4, -0.2) is 45.1 Å². The lowest BCUT2D eigenvalue weighted by molar-refractivity contribution is 0.00319. The van der Waals surface area contributed by atoms with Crippen molar-refractivity contribution in [3.63, 3.8) is 0 Å². The van der Waals surface area contributed by atoms with E-state index in [1.807, 2.05) is 0 Å². The quantitative estimate of drug-likeness (QED) is 0.681. The first-order chi connectivity index (χ1) is 6.94. The molecule has 84 valence electrons. The summed E-state index contributed by atoms with van der Waals surface area (Å²) in [6.45, 7) is 0.893. The molecule has 0 aliphatic carbocycles. The Bertz CT molecular complexity index is 355. The van der Waals surface area contributed by atoms with Gasteiger partial charge < -0.3 is 15.5 Å². The molecule has 1 atom stereocenters. The number of aliphatic hydroxyl groups excluding tert-OH is 1. The Morgan fingerprint density at radius 3 is 2.80 bits per heavy atom. The molecule has 0 spiro atoms. The number of nitrogens with zero attached hydrogens (tertiary/aromatic N) is 2. The Hall–Kier alpha value is -0.760. The predicted molar refractivity (Wildman–Crippen MR) is 55.0 cm³/mol. The van der Waals surface area contributed by atoms with Crippen LogP contribution in [0.4, 0.5) is 0 Å². The number of amides is 1. The number of aliphatic hydroxyl groups is 2. The Labute approximate surface area is 94.9 Å². The van der Waals surface area contributed by atoms with Gasteiger partial charge in [-0.3, -0.25) is 4.79 Å². The summed E-state index contributed by atoms with van der Waals surface area (Å²) in [5.74, 6) is -0.479. The fraction of sp³-hybridized carbons (Fsp3) is 0.571. The third-order valence-electron chi connectivity index (χ3n) is 1.56. The maximum absolute atomic E-state index is 11.4. The highest BCUT2D eigenvalue weighted by molar-refractivity contribution is 7.17. The lowest BCUT2D eigenvalue weighted by Gasteiger charge is -2.19. The maximum atomic E-state index is 11.4. The Morgan fingerprint density at radius 2 is 2.33 bits per heavy atom. The van der Waals surface area contributed by atoms with Gasteiger partial charge >= 0.3 is 0 Å². The molecule has 0 saturated heterocycles. The van der Waals surface area contributed by atoms with Crippen molar-refractivity contribution in [3.05, 3.63) is 9.47 Å². The first-order valence-corrected chi connectivity index (χ1v) is 5.24. The zero-order valence-electron chi connectivity index (χ0n) is 7.90. The average Bonchev–Trinajstić information content (AvgIpc) is 2.61. The molecule has 0 saturated carbocycles. The van der Waals surface area contributed by atoms with Crippen molar-refractivity contribution in [1.29, 1.82) is 0 Å². The molecule has 0 bridgehead atoms. The molecular formula is C7H10ClN3O3S. The molecule has 1 amide bonds. The van der Waals surface area contributed by atoms with Crippen molar-refractivity contribution in [1.82, 2.24) is 15.5 Å². The van der Waals surface area contributed by atoms with Gasteiger partial charge in [-0.2, -0.15) is 0 Å². The first-order valence-electron chi connectivity index (χ1n) is 4.05. The van der Waals surface area contributed by atoms with Crippen molar-refractivity contribution in [2.45, 2.75) is 12.5 Å². The fourth-order valence-corrected chi connectivity index (χ4v) is 1.44. The SMILES string of the molecule is CC(O)(CO)CNC(=O)c1nnc(Cl)s1. The molecule has 0 radical (unpaired) electrons. The van der Waals surface area contributed by atoms with Gasteiger partial charge in [-0.1, -0.05) is 11.3 Å². The monoisotopic (exact) mass is 251 g/mol. The van der Waals surface area contributed by atoms with E-state index in [9.17, 15) is 9.90 Å². The Balaban J connectivity index is 2.50. The van der Waals surface area contributed by atoms with Gasteiger partial charge in [0.25, 0.3) is 5.91 Å². The zero-order chi connectivity index (χ0) is 11.5. The van der Waals surface area contributed by atoms with Crippen LogP contribution in [0.15, 0.2) is 0 Å². The minimum atomic E-state index is -1.34. The molecule has 8 heteroatoms. The van der Waals surface area contributed by atoms with E-state index < -0.39 is 18.1 Å². The molecule has 3 N–H and O–H groups in total. The molecular weight excluding hydrogens is 242 g/mol. The van der Waals surface area contributed by atoms with E-state index in [0.717, 1.165) is 11.3 Å². The highest BCUT2D eigenvalue weighted by atomic mass is 35.5. The van der Waals surface area contributed by atoms with Gasteiger partial charge in [0.2, 0.25) is 9.47 Å². The molecule has 0 aromatic carbocycles. The van der Waals surface area contributed by atoms with Crippen molar-refractivity contribution in [2.75, 3.05) is 13.2 Å². The van der Waals surface area contributed by atoms with E-state index in [-0.39, 0.29) is 16.0 Å². The Kier molecular flexibility index (Phi) is 3.97. The molecule has 0 fully saturated rings. The number of rotatable bonds is 4. The van der Waals surface area contributed by atoms with E-state index >= 15 is 0 Å². The van der Waals surface area contributed by atoms with Gasteiger partial charge in [-0.05, 0) is 18.5 Å². The van der Waals surface area contributed by atoms with Crippen molar-refractivity contribution >= 4 is 28.8 Å². The third-order valence-corrected chi connectivity index (χ3v) is 2.58. The second-order valence-electron chi connectivity index (χ2n) is 3.20. The van der Waals surface area contributed by atoms with Crippen LogP contribution in [-0.2, 0) is 0 Å². The summed E-state index contributed by atoms with van der Waals surface area (Å²) >= 11 is 6.44. The van der Waals surface area contributed by atoms with Crippen molar-refractivity contribution in [2.24, 2.45) is 0 Å². The summed E-state index contributed by atoms with van der Waals surface area (Å²) in [7, 11) is 0. The van der Waals surface area contributed by atoms with Crippen molar-refractivity contribution < 1.29 is 15.0 Å². The van der Waals surface area contributed by atoms with Crippen LogP contribution in [0, 0.1) is 0 Å².